The molecule has 0 radical (unpaired) electrons. The molecule has 0 aliphatic carbocycles. The van der Waals surface area contributed by atoms with Crippen LogP contribution < -0.4 is 5.32 Å². The lowest BCUT2D eigenvalue weighted by Gasteiger charge is -2.30. The third-order valence-electron chi connectivity index (χ3n) is 3.69. The van der Waals surface area contributed by atoms with Gasteiger partial charge in [0.1, 0.15) is 17.3 Å². The van der Waals surface area contributed by atoms with E-state index in [0.29, 0.717) is 23.3 Å². The summed E-state index contributed by atoms with van der Waals surface area (Å²) in [4.78, 5) is 3.61. The van der Waals surface area contributed by atoms with E-state index in [-0.39, 0.29) is 18.8 Å². The van der Waals surface area contributed by atoms with E-state index in [4.69, 9.17) is 4.42 Å². The molecule has 0 saturated heterocycles. The van der Waals surface area contributed by atoms with Crippen molar-refractivity contribution < 1.29 is 31.5 Å². The summed E-state index contributed by atoms with van der Waals surface area (Å²) < 4.78 is 70.7. The molecule has 0 aromatic carbocycles. The summed E-state index contributed by atoms with van der Waals surface area (Å²) in [7, 11) is 1.37. The molecule has 2 rings (SSSR count). The molecular formula is C15H18F5N3O2S. The van der Waals surface area contributed by atoms with E-state index in [2.05, 4.69) is 10.3 Å². The third-order valence-corrected chi connectivity index (χ3v) is 4.39. The fourth-order valence-corrected chi connectivity index (χ4v) is 2.81. The Kier molecular flexibility index (Phi) is 6.69. The van der Waals surface area contributed by atoms with Crippen molar-refractivity contribution in [1.82, 2.24) is 14.9 Å². The lowest BCUT2D eigenvalue weighted by molar-refractivity contribution is -0.272. The van der Waals surface area contributed by atoms with Crippen molar-refractivity contribution >= 4 is 11.8 Å². The van der Waals surface area contributed by atoms with Gasteiger partial charge >= 0.3 is 6.18 Å². The van der Waals surface area contributed by atoms with Gasteiger partial charge in [-0.2, -0.15) is 22.0 Å². The largest absolute Gasteiger partial charge is 0.464 e. The second kappa shape index (κ2) is 8.40. The standard InChI is InChI=1S/C15H18F5N3O2S/c1-23-7-6-22-12(23)14(24,15(18,19)20)4-5-21-8-10-2-3-11(25-10)9-26-13(16)17/h2-3,6-7,13,21,24H,4-5,8-9H2,1H3. The zero-order valence-corrected chi connectivity index (χ0v) is 14.6. The Bertz CT molecular complexity index is 704. The first-order valence-electron chi connectivity index (χ1n) is 7.58. The molecule has 0 bridgehead atoms. The fourth-order valence-electron chi connectivity index (χ4n) is 2.37. The normalized spacial score (nSPS) is 14.8. The first kappa shape index (κ1) is 20.7. The second-order valence-electron chi connectivity index (χ2n) is 5.59. The number of halogens is 5. The van der Waals surface area contributed by atoms with E-state index in [1.807, 2.05) is 0 Å². The fraction of sp³-hybridized carbons (Fsp3) is 0.533. The Balaban J connectivity index is 1.90. The van der Waals surface area contributed by atoms with Crippen LogP contribution in [0.15, 0.2) is 28.9 Å². The number of aliphatic hydroxyl groups is 1. The molecule has 0 aliphatic rings. The first-order chi connectivity index (χ1) is 12.1. The Labute approximate surface area is 150 Å². The summed E-state index contributed by atoms with van der Waals surface area (Å²) in [5.74, 6) is -2.23. The zero-order chi connectivity index (χ0) is 19.4. The van der Waals surface area contributed by atoms with Crippen LogP contribution in [-0.2, 0) is 24.9 Å². The van der Waals surface area contributed by atoms with Crippen molar-refractivity contribution in [3.63, 3.8) is 0 Å². The van der Waals surface area contributed by atoms with Crippen LogP contribution in [0.1, 0.15) is 23.8 Å². The van der Waals surface area contributed by atoms with Gasteiger partial charge in [-0.05, 0) is 18.7 Å². The van der Waals surface area contributed by atoms with Crippen LogP contribution in [-0.4, -0.2) is 33.1 Å². The molecule has 1 unspecified atom stereocenters. The van der Waals surface area contributed by atoms with Gasteiger partial charge in [-0.25, -0.2) is 4.98 Å². The summed E-state index contributed by atoms with van der Waals surface area (Å²) in [6.07, 6.45) is -3.03. The van der Waals surface area contributed by atoms with E-state index >= 15 is 0 Å². The van der Waals surface area contributed by atoms with E-state index in [9.17, 15) is 27.1 Å². The van der Waals surface area contributed by atoms with Crippen molar-refractivity contribution in [1.29, 1.82) is 0 Å². The molecule has 26 heavy (non-hydrogen) atoms. The Morgan fingerprint density at radius 1 is 1.31 bits per heavy atom. The van der Waals surface area contributed by atoms with Gasteiger partial charge < -0.3 is 19.4 Å². The minimum atomic E-state index is -4.89. The molecule has 5 nitrogen and oxygen atoms in total. The second-order valence-corrected chi connectivity index (χ2v) is 6.56. The van der Waals surface area contributed by atoms with Gasteiger partial charge in [-0.15, -0.1) is 0 Å². The molecule has 0 spiro atoms. The number of aromatic nitrogens is 2. The third kappa shape index (κ3) is 4.98. The van der Waals surface area contributed by atoms with Gasteiger partial charge in [0.2, 0.25) is 5.60 Å². The highest BCUT2D eigenvalue weighted by Crippen LogP contribution is 2.40. The van der Waals surface area contributed by atoms with E-state index in [1.165, 1.54) is 25.5 Å². The van der Waals surface area contributed by atoms with Gasteiger partial charge in [0, 0.05) is 25.9 Å². The quantitative estimate of drug-likeness (QED) is 0.500. The van der Waals surface area contributed by atoms with Crippen molar-refractivity contribution in [2.24, 2.45) is 7.05 Å². The number of thioether (sulfide) groups is 1. The molecule has 146 valence electrons. The molecule has 1 atom stereocenters. The molecule has 11 heteroatoms. The maximum absolute atomic E-state index is 13.3. The zero-order valence-electron chi connectivity index (χ0n) is 13.8. The van der Waals surface area contributed by atoms with Crippen LogP contribution in [0.25, 0.3) is 0 Å². The van der Waals surface area contributed by atoms with Gasteiger partial charge in [-0.3, -0.25) is 0 Å². The van der Waals surface area contributed by atoms with Crippen LogP contribution in [0.5, 0.6) is 0 Å². The molecule has 0 fully saturated rings. The lowest BCUT2D eigenvalue weighted by Crippen LogP contribution is -2.46. The maximum Gasteiger partial charge on any atom is 0.424 e. The lowest BCUT2D eigenvalue weighted by atomic mass is 9.97. The SMILES string of the molecule is Cn1ccnc1C(O)(CCNCc1ccc(CSC(F)F)o1)C(F)(F)F. The molecule has 2 N–H and O–H groups in total. The van der Waals surface area contributed by atoms with Crippen molar-refractivity contribution in [2.75, 3.05) is 6.54 Å². The van der Waals surface area contributed by atoms with Crippen LogP contribution >= 0.6 is 11.8 Å². The maximum atomic E-state index is 13.3. The van der Waals surface area contributed by atoms with Gasteiger partial charge in [0.05, 0.1) is 12.3 Å². The summed E-state index contributed by atoms with van der Waals surface area (Å²) in [5.41, 5.74) is -3.08. The highest BCUT2D eigenvalue weighted by Gasteiger charge is 2.56. The topological polar surface area (TPSA) is 63.2 Å². The van der Waals surface area contributed by atoms with Crippen molar-refractivity contribution in [3.8, 4) is 0 Å². The summed E-state index contributed by atoms with van der Waals surface area (Å²) >= 11 is 0.417. The Morgan fingerprint density at radius 3 is 2.58 bits per heavy atom. The molecule has 2 aromatic heterocycles. The number of nitrogens with zero attached hydrogens (tertiary/aromatic N) is 2. The van der Waals surface area contributed by atoms with Crippen LogP contribution in [0.3, 0.4) is 0 Å². The van der Waals surface area contributed by atoms with Crippen molar-refractivity contribution in [3.05, 3.63) is 41.9 Å². The highest BCUT2D eigenvalue weighted by molar-refractivity contribution is 7.98. The number of rotatable bonds is 9. The smallest absolute Gasteiger partial charge is 0.424 e. The predicted octanol–water partition coefficient (Wildman–Crippen LogP) is 3.40. The Hall–Kier alpha value is -1.59. The monoisotopic (exact) mass is 399 g/mol. The predicted molar refractivity (Wildman–Crippen MR) is 85.5 cm³/mol. The van der Waals surface area contributed by atoms with Crippen LogP contribution in [0.4, 0.5) is 22.0 Å². The number of hydrogen-bond acceptors (Lipinski definition) is 5. The average Bonchev–Trinajstić information content (AvgIpc) is 3.17. The first-order valence-corrected chi connectivity index (χ1v) is 8.63. The number of nitrogens with one attached hydrogen (secondary N) is 1. The summed E-state index contributed by atoms with van der Waals surface area (Å²) in [6, 6.07) is 3.09. The van der Waals surface area contributed by atoms with E-state index in [0.717, 1.165) is 4.57 Å². The van der Waals surface area contributed by atoms with Crippen molar-refractivity contribution in [2.45, 2.75) is 36.3 Å². The average molecular weight is 399 g/mol. The van der Waals surface area contributed by atoms with E-state index in [1.54, 1.807) is 6.07 Å². The van der Waals surface area contributed by atoms with Crippen LogP contribution in [0, 0.1) is 0 Å². The van der Waals surface area contributed by atoms with Crippen LogP contribution in [0.2, 0.25) is 0 Å². The summed E-state index contributed by atoms with van der Waals surface area (Å²) in [5, 5.41) is 12.9. The molecule has 2 aromatic rings. The number of imidazole rings is 1. The molecule has 0 aliphatic heterocycles. The summed E-state index contributed by atoms with van der Waals surface area (Å²) in [6.45, 7) is -0.0570. The van der Waals surface area contributed by atoms with Gasteiger partial charge in [-0.1, -0.05) is 11.8 Å². The number of furan rings is 1. The van der Waals surface area contributed by atoms with E-state index < -0.39 is 29.8 Å². The number of aryl methyl sites for hydroxylation is 1. The number of alkyl halides is 5. The molecule has 2 heterocycles. The minimum absolute atomic E-state index is 0.00461. The minimum Gasteiger partial charge on any atom is -0.464 e. The van der Waals surface area contributed by atoms with Gasteiger partial charge in [0.25, 0.3) is 5.76 Å². The van der Waals surface area contributed by atoms with Gasteiger partial charge in [0.15, 0.2) is 0 Å². The molecule has 0 saturated carbocycles. The molecular weight excluding hydrogens is 381 g/mol. The Morgan fingerprint density at radius 2 is 2.00 bits per heavy atom. The number of hydrogen-bond donors (Lipinski definition) is 2. The highest BCUT2D eigenvalue weighted by atomic mass is 32.2. The molecule has 0 amide bonds.